The summed E-state index contributed by atoms with van der Waals surface area (Å²) >= 11 is 0. The van der Waals surface area contributed by atoms with Crippen LogP contribution < -0.4 is 5.32 Å². The van der Waals surface area contributed by atoms with Gasteiger partial charge in [0.05, 0.1) is 0 Å². The molecule has 1 aromatic rings. The van der Waals surface area contributed by atoms with Gasteiger partial charge in [0.1, 0.15) is 0 Å². The molecule has 3 rings (SSSR count). The van der Waals surface area contributed by atoms with E-state index in [1.807, 2.05) is 11.0 Å². The van der Waals surface area contributed by atoms with Crippen LogP contribution in [0, 0.1) is 5.92 Å². The molecule has 4 heteroatoms. The lowest BCUT2D eigenvalue weighted by molar-refractivity contribution is 0.178. The average molecular weight is 327 g/mol. The van der Waals surface area contributed by atoms with Gasteiger partial charge in [-0.25, -0.2) is 4.79 Å². The Morgan fingerprint density at radius 3 is 2.58 bits per heavy atom. The summed E-state index contributed by atoms with van der Waals surface area (Å²) in [5.74, 6) is 0.468. The minimum absolute atomic E-state index is 0.113. The minimum atomic E-state index is 0.113. The number of hydrogen-bond acceptors (Lipinski definition) is 2. The summed E-state index contributed by atoms with van der Waals surface area (Å²) in [6.45, 7) is 8.78. The van der Waals surface area contributed by atoms with E-state index in [2.05, 4.69) is 47.1 Å². The van der Waals surface area contributed by atoms with Crippen LogP contribution in [0.1, 0.15) is 24.8 Å². The second-order valence-corrected chi connectivity index (χ2v) is 7.03. The monoisotopic (exact) mass is 327 g/mol. The van der Waals surface area contributed by atoms with E-state index in [9.17, 15) is 4.79 Å². The molecular weight excluding hydrogens is 298 g/mol. The van der Waals surface area contributed by atoms with Crippen molar-refractivity contribution in [2.24, 2.45) is 5.92 Å². The summed E-state index contributed by atoms with van der Waals surface area (Å²) in [5.41, 5.74) is 1.40. The molecule has 2 aliphatic heterocycles. The molecule has 2 saturated heterocycles. The number of nitrogens with zero attached hydrogens (tertiary/aromatic N) is 2. The highest BCUT2D eigenvalue weighted by molar-refractivity contribution is 5.74. The van der Waals surface area contributed by atoms with E-state index < -0.39 is 0 Å². The maximum absolute atomic E-state index is 12.3. The van der Waals surface area contributed by atoms with Crippen LogP contribution in [0.5, 0.6) is 0 Å². The Labute approximate surface area is 145 Å². The predicted octanol–water partition coefficient (Wildman–Crippen LogP) is 2.91. The molecule has 1 N–H and O–H groups in total. The van der Waals surface area contributed by atoms with Gasteiger partial charge in [-0.15, -0.1) is 6.58 Å². The number of benzene rings is 1. The maximum Gasteiger partial charge on any atom is 0.317 e. The quantitative estimate of drug-likeness (QED) is 0.844. The number of piperidine rings is 1. The second kappa shape index (κ2) is 8.34. The van der Waals surface area contributed by atoms with Gasteiger partial charge in [0.25, 0.3) is 0 Å². The van der Waals surface area contributed by atoms with E-state index in [4.69, 9.17) is 0 Å². The zero-order valence-corrected chi connectivity index (χ0v) is 14.5. The summed E-state index contributed by atoms with van der Waals surface area (Å²) in [4.78, 5) is 16.8. The van der Waals surface area contributed by atoms with E-state index in [1.165, 1.54) is 5.56 Å². The van der Waals surface area contributed by atoms with Crippen molar-refractivity contribution in [1.29, 1.82) is 0 Å². The lowest BCUT2D eigenvalue weighted by Gasteiger charge is -2.33. The molecule has 2 aliphatic rings. The Morgan fingerprint density at radius 2 is 1.92 bits per heavy atom. The number of urea groups is 1. The molecule has 1 atom stereocenters. The molecule has 0 saturated carbocycles. The van der Waals surface area contributed by atoms with Crippen LogP contribution in [0.25, 0.3) is 0 Å². The summed E-state index contributed by atoms with van der Waals surface area (Å²) in [6, 6.07) is 11.1. The standard InChI is InChI=1S/C20H29N3O/c1-2-17-9-15-23(16-17)20(24)21-19-10-13-22(14-11-19)12-8-18-6-4-3-5-7-18/h2-7,17,19H,1,8-16H2,(H,21,24)/t17-/m0/s1. The van der Waals surface area contributed by atoms with Crippen molar-refractivity contribution in [3.8, 4) is 0 Å². The SMILES string of the molecule is C=C[C@H]1CCN(C(=O)NC2CCN(CCc3ccccc3)CC2)C1. The normalized spacial score (nSPS) is 22.5. The third kappa shape index (κ3) is 4.60. The van der Waals surface area contributed by atoms with Gasteiger partial charge in [0.15, 0.2) is 0 Å². The van der Waals surface area contributed by atoms with Gasteiger partial charge in [-0.2, -0.15) is 0 Å². The van der Waals surface area contributed by atoms with Crippen molar-refractivity contribution < 1.29 is 4.79 Å². The lowest BCUT2D eigenvalue weighted by Crippen LogP contribution is -2.49. The molecule has 4 nitrogen and oxygen atoms in total. The molecule has 1 aromatic carbocycles. The Bertz CT molecular complexity index is 537. The Balaban J connectivity index is 1.36. The molecule has 2 fully saturated rings. The molecule has 0 unspecified atom stereocenters. The molecule has 0 aromatic heterocycles. The van der Waals surface area contributed by atoms with Crippen LogP contribution in [0.2, 0.25) is 0 Å². The second-order valence-electron chi connectivity index (χ2n) is 7.03. The van der Waals surface area contributed by atoms with Crippen LogP contribution in [-0.2, 0) is 6.42 Å². The predicted molar refractivity (Wildman–Crippen MR) is 98.0 cm³/mol. The van der Waals surface area contributed by atoms with E-state index in [1.54, 1.807) is 0 Å². The lowest BCUT2D eigenvalue weighted by atomic mass is 10.0. The molecule has 2 amide bonds. The third-order valence-electron chi connectivity index (χ3n) is 5.32. The van der Waals surface area contributed by atoms with Crippen molar-refractivity contribution in [1.82, 2.24) is 15.1 Å². The first-order chi connectivity index (χ1) is 11.7. The van der Waals surface area contributed by atoms with Crippen LogP contribution >= 0.6 is 0 Å². The number of carbonyl (C=O) groups is 1. The van der Waals surface area contributed by atoms with Gasteiger partial charge in [0.2, 0.25) is 0 Å². The zero-order chi connectivity index (χ0) is 16.8. The molecular formula is C20H29N3O. The molecule has 2 heterocycles. The summed E-state index contributed by atoms with van der Waals surface area (Å²) < 4.78 is 0. The average Bonchev–Trinajstić information content (AvgIpc) is 3.11. The molecule has 130 valence electrons. The minimum Gasteiger partial charge on any atom is -0.335 e. The summed E-state index contributed by atoms with van der Waals surface area (Å²) in [7, 11) is 0. The topological polar surface area (TPSA) is 35.6 Å². The van der Waals surface area contributed by atoms with Gasteiger partial charge in [-0.3, -0.25) is 0 Å². The van der Waals surface area contributed by atoms with Crippen LogP contribution in [0.15, 0.2) is 43.0 Å². The number of amides is 2. The smallest absolute Gasteiger partial charge is 0.317 e. The molecule has 0 radical (unpaired) electrons. The highest BCUT2D eigenvalue weighted by Crippen LogP contribution is 2.18. The summed E-state index contributed by atoms with van der Waals surface area (Å²) in [5, 5.41) is 3.23. The van der Waals surface area contributed by atoms with Gasteiger partial charge in [0, 0.05) is 38.8 Å². The van der Waals surface area contributed by atoms with Crippen molar-refractivity contribution >= 4 is 6.03 Å². The fraction of sp³-hybridized carbons (Fsp3) is 0.550. The maximum atomic E-state index is 12.3. The third-order valence-corrected chi connectivity index (χ3v) is 5.32. The fourth-order valence-corrected chi connectivity index (χ4v) is 3.66. The zero-order valence-electron chi connectivity index (χ0n) is 14.5. The highest BCUT2D eigenvalue weighted by Gasteiger charge is 2.27. The fourth-order valence-electron chi connectivity index (χ4n) is 3.66. The number of hydrogen-bond donors (Lipinski definition) is 1. The number of carbonyl (C=O) groups excluding carboxylic acids is 1. The van der Waals surface area contributed by atoms with E-state index in [0.29, 0.717) is 12.0 Å². The first-order valence-electron chi connectivity index (χ1n) is 9.19. The van der Waals surface area contributed by atoms with Crippen molar-refractivity contribution in [2.75, 3.05) is 32.7 Å². The highest BCUT2D eigenvalue weighted by atomic mass is 16.2. The van der Waals surface area contributed by atoms with Gasteiger partial charge in [-0.05, 0) is 37.2 Å². The Kier molecular flexibility index (Phi) is 5.91. The summed E-state index contributed by atoms with van der Waals surface area (Å²) in [6.07, 6.45) is 6.24. The van der Waals surface area contributed by atoms with Gasteiger partial charge in [-0.1, -0.05) is 36.4 Å². The number of nitrogens with one attached hydrogen (secondary N) is 1. The number of likely N-dealkylation sites (tertiary alicyclic amines) is 2. The van der Waals surface area contributed by atoms with E-state index in [-0.39, 0.29) is 6.03 Å². The van der Waals surface area contributed by atoms with Gasteiger partial charge < -0.3 is 15.1 Å². The van der Waals surface area contributed by atoms with Crippen LogP contribution in [0.4, 0.5) is 4.79 Å². The molecule has 0 aliphatic carbocycles. The number of rotatable bonds is 5. The molecule has 0 spiro atoms. The Hall–Kier alpha value is -1.81. The molecule has 24 heavy (non-hydrogen) atoms. The van der Waals surface area contributed by atoms with E-state index in [0.717, 1.165) is 58.4 Å². The van der Waals surface area contributed by atoms with Crippen molar-refractivity contribution in [3.63, 3.8) is 0 Å². The van der Waals surface area contributed by atoms with Gasteiger partial charge >= 0.3 is 6.03 Å². The van der Waals surface area contributed by atoms with Crippen molar-refractivity contribution in [2.45, 2.75) is 31.7 Å². The van der Waals surface area contributed by atoms with Crippen LogP contribution in [0.3, 0.4) is 0 Å². The van der Waals surface area contributed by atoms with E-state index >= 15 is 0 Å². The Morgan fingerprint density at radius 1 is 1.17 bits per heavy atom. The molecule has 0 bridgehead atoms. The first-order valence-corrected chi connectivity index (χ1v) is 9.19. The largest absolute Gasteiger partial charge is 0.335 e. The van der Waals surface area contributed by atoms with Crippen molar-refractivity contribution in [3.05, 3.63) is 48.6 Å². The van der Waals surface area contributed by atoms with Crippen LogP contribution in [-0.4, -0.2) is 54.6 Å². The first kappa shape index (κ1) is 17.0.